The highest BCUT2D eigenvalue weighted by Gasteiger charge is 2.44. The summed E-state index contributed by atoms with van der Waals surface area (Å²) in [6.45, 7) is 10.6. The molecule has 2 saturated heterocycles. The van der Waals surface area contributed by atoms with Crippen LogP contribution in [-0.4, -0.2) is 62.7 Å². The van der Waals surface area contributed by atoms with E-state index >= 15 is 0 Å². The van der Waals surface area contributed by atoms with Gasteiger partial charge in [0.25, 0.3) is 5.91 Å². The molecular weight excluding hydrogens is 318 g/mol. The zero-order valence-electron chi connectivity index (χ0n) is 15.7. The first kappa shape index (κ1) is 17.9. The van der Waals surface area contributed by atoms with Crippen LogP contribution < -0.4 is 5.32 Å². The third-order valence-electron chi connectivity index (χ3n) is 5.29. The number of hydrogen-bond acceptors (Lipinski definition) is 4. The molecule has 3 amide bonds. The van der Waals surface area contributed by atoms with Gasteiger partial charge in [-0.3, -0.25) is 19.3 Å². The van der Waals surface area contributed by atoms with E-state index in [1.54, 1.807) is 13.8 Å². The molecule has 3 heterocycles. The summed E-state index contributed by atoms with van der Waals surface area (Å²) in [5.74, 6) is -0.135. The number of rotatable bonds is 5. The Morgan fingerprint density at radius 2 is 2.00 bits per heavy atom. The van der Waals surface area contributed by atoms with Crippen LogP contribution in [0.4, 0.5) is 4.79 Å². The minimum atomic E-state index is -0.790. The number of likely N-dealkylation sites (tertiary alicyclic amines) is 1. The Bertz CT molecular complexity index is 666. The normalized spacial score (nSPS) is 24.0. The van der Waals surface area contributed by atoms with Crippen molar-refractivity contribution in [3.05, 3.63) is 17.5 Å². The van der Waals surface area contributed by atoms with Crippen LogP contribution in [0.1, 0.15) is 44.5 Å². The van der Waals surface area contributed by atoms with Crippen molar-refractivity contribution in [2.75, 3.05) is 19.6 Å². The van der Waals surface area contributed by atoms with E-state index in [0.29, 0.717) is 12.6 Å². The van der Waals surface area contributed by atoms with E-state index in [1.165, 1.54) is 23.4 Å². The van der Waals surface area contributed by atoms with E-state index in [2.05, 4.69) is 33.0 Å². The van der Waals surface area contributed by atoms with Gasteiger partial charge in [-0.05, 0) is 53.1 Å². The summed E-state index contributed by atoms with van der Waals surface area (Å²) >= 11 is 0. The largest absolute Gasteiger partial charge is 0.325 e. The van der Waals surface area contributed by atoms with Crippen LogP contribution in [0.3, 0.4) is 0 Å². The Labute approximate surface area is 149 Å². The fraction of sp³-hybridized carbons (Fsp3) is 0.722. The first-order chi connectivity index (χ1) is 11.8. The fourth-order valence-corrected chi connectivity index (χ4v) is 3.87. The summed E-state index contributed by atoms with van der Waals surface area (Å²) < 4.78 is 2.08. The lowest BCUT2D eigenvalue weighted by Gasteiger charge is -2.36. The first-order valence-electron chi connectivity index (χ1n) is 9.17. The Morgan fingerprint density at radius 1 is 1.24 bits per heavy atom. The highest BCUT2D eigenvalue weighted by atomic mass is 16.2. The Hall–Kier alpha value is -1.89. The van der Waals surface area contributed by atoms with Crippen LogP contribution in [0, 0.1) is 13.8 Å². The van der Waals surface area contributed by atoms with E-state index in [9.17, 15) is 9.59 Å². The van der Waals surface area contributed by atoms with Crippen LogP contribution in [0.2, 0.25) is 0 Å². The van der Waals surface area contributed by atoms with Gasteiger partial charge in [-0.25, -0.2) is 4.79 Å². The Balaban J connectivity index is 1.63. The lowest BCUT2D eigenvalue weighted by atomic mass is 10.0. The summed E-state index contributed by atoms with van der Waals surface area (Å²) in [5.41, 5.74) is 1.43. The smallest absolute Gasteiger partial charge is 0.324 e. The van der Waals surface area contributed by atoms with Crippen LogP contribution in [-0.2, 0) is 11.3 Å². The van der Waals surface area contributed by atoms with Crippen molar-refractivity contribution in [3.63, 3.8) is 0 Å². The van der Waals surface area contributed by atoms with E-state index in [4.69, 9.17) is 0 Å². The molecule has 0 bridgehead atoms. The molecule has 25 heavy (non-hydrogen) atoms. The number of carbonyl (C=O) groups is 2. The molecule has 2 fully saturated rings. The zero-order valence-corrected chi connectivity index (χ0v) is 15.7. The molecule has 0 aliphatic carbocycles. The number of urea groups is 1. The second kappa shape index (κ2) is 6.78. The lowest BCUT2D eigenvalue weighted by Crippen LogP contribution is -2.47. The van der Waals surface area contributed by atoms with Crippen LogP contribution in [0.5, 0.6) is 0 Å². The minimum Gasteiger partial charge on any atom is -0.324 e. The molecule has 0 spiro atoms. The van der Waals surface area contributed by atoms with Gasteiger partial charge in [0.15, 0.2) is 0 Å². The van der Waals surface area contributed by atoms with Crippen molar-refractivity contribution in [2.24, 2.45) is 0 Å². The molecule has 0 radical (unpaired) electrons. The number of hydrogen-bond donors (Lipinski definition) is 1. The van der Waals surface area contributed by atoms with E-state index in [0.717, 1.165) is 31.7 Å². The number of aryl methyl sites for hydroxylation is 2. The van der Waals surface area contributed by atoms with Gasteiger partial charge in [0.2, 0.25) is 0 Å². The van der Waals surface area contributed by atoms with Crippen molar-refractivity contribution < 1.29 is 9.59 Å². The Morgan fingerprint density at radius 3 is 2.60 bits per heavy atom. The second-order valence-corrected chi connectivity index (χ2v) is 7.81. The van der Waals surface area contributed by atoms with Gasteiger partial charge >= 0.3 is 6.03 Å². The molecule has 1 aromatic heterocycles. The molecule has 7 nitrogen and oxygen atoms in total. The second-order valence-electron chi connectivity index (χ2n) is 7.81. The quantitative estimate of drug-likeness (QED) is 0.823. The SMILES string of the molecule is Cc1cc(C)n(C[C@H]2CCCCN2CCN2C(=O)NC(C)(C)C2=O)n1. The molecule has 0 aromatic carbocycles. The number of nitrogens with one attached hydrogen (secondary N) is 1. The summed E-state index contributed by atoms with van der Waals surface area (Å²) in [7, 11) is 0. The molecule has 1 atom stereocenters. The van der Waals surface area contributed by atoms with Crippen LogP contribution >= 0.6 is 0 Å². The molecule has 138 valence electrons. The van der Waals surface area contributed by atoms with Gasteiger partial charge in [0.05, 0.1) is 12.2 Å². The van der Waals surface area contributed by atoms with Gasteiger partial charge in [-0.2, -0.15) is 5.10 Å². The number of aromatic nitrogens is 2. The summed E-state index contributed by atoms with van der Waals surface area (Å²) in [6, 6.07) is 2.23. The average Bonchev–Trinajstić information content (AvgIpc) is 2.95. The summed E-state index contributed by atoms with van der Waals surface area (Å²) in [6.07, 6.45) is 3.51. The fourth-order valence-electron chi connectivity index (χ4n) is 3.87. The molecule has 2 aliphatic rings. The molecule has 0 unspecified atom stereocenters. The number of imide groups is 1. The maximum atomic E-state index is 12.3. The molecule has 3 rings (SSSR count). The maximum absolute atomic E-state index is 12.3. The lowest BCUT2D eigenvalue weighted by molar-refractivity contribution is -0.130. The van der Waals surface area contributed by atoms with Crippen LogP contribution in [0.25, 0.3) is 0 Å². The molecular formula is C18H29N5O2. The molecule has 7 heteroatoms. The van der Waals surface area contributed by atoms with E-state index in [-0.39, 0.29) is 11.9 Å². The van der Waals surface area contributed by atoms with Gasteiger partial charge in [-0.1, -0.05) is 6.42 Å². The predicted molar refractivity (Wildman–Crippen MR) is 95.2 cm³/mol. The van der Waals surface area contributed by atoms with Crippen molar-refractivity contribution in [1.82, 2.24) is 24.9 Å². The zero-order chi connectivity index (χ0) is 18.2. The third-order valence-corrected chi connectivity index (χ3v) is 5.29. The number of amides is 3. The number of piperidine rings is 1. The maximum Gasteiger partial charge on any atom is 0.325 e. The standard InChI is InChI=1S/C18H29N5O2/c1-13-11-14(2)23(20-13)12-15-7-5-6-8-21(15)9-10-22-16(24)18(3,4)19-17(22)25/h11,15H,5-10,12H2,1-4H3,(H,19,25)/t15-/m1/s1. The monoisotopic (exact) mass is 347 g/mol. The van der Waals surface area contributed by atoms with E-state index in [1.807, 2.05) is 6.92 Å². The topological polar surface area (TPSA) is 70.5 Å². The first-order valence-corrected chi connectivity index (χ1v) is 9.17. The summed E-state index contributed by atoms with van der Waals surface area (Å²) in [5, 5.41) is 7.33. The van der Waals surface area contributed by atoms with Crippen molar-refractivity contribution in [1.29, 1.82) is 0 Å². The molecule has 1 N–H and O–H groups in total. The minimum absolute atomic E-state index is 0.135. The molecule has 0 saturated carbocycles. The predicted octanol–water partition coefficient (Wildman–Crippen LogP) is 1.68. The van der Waals surface area contributed by atoms with Crippen molar-refractivity contribution in [3.8, 4) is 0 Å². The molecule has 2 aliphatic heterocycles. The average molecular weight is 347 g/mol. The Kier molecular flexibility index (Phi) is 4.86. The van der Waals surface area contributed by atoms with Gasteiger partial charge in [-0.15, -0.1) is 0 Å². The highest BCUT2D eigenvalue weighted by molar-refractivity contribution is 6.06. The van der Waals surface area contributed by atoms with E-state index < -0.39 is 5.54 Å². The van der Waals surface area contributed by atoms with Gasteiger partial charge in [0.1, 0.15) is 5.54 Å². The third kappa shape index (κ3) is 3.71. The van der Waals surface area contributed by atoms with Crippen molar-refractivity contribution >= 4 is 11.9 Å². The summed E-state index contributed by atoms with van der Waals surface area (Å²) in [4.78, 5) is 28.2. The van der Waals surface area contributed by atoms with Crippen molar-refractivity contribution in [2.45, 2.75) is 65.1 Å². The van der Waals surface area contributed by atoms with Crippen LogP contribution in [0.15, 0.2) is 6.07 Å². The molecule has 1 aromatic rings. The van der Waals surface area contributed by atoms with Gasteiger partial charge < -0.3 is 5.32 Å². The number of carbonyl (C=O) groups excluding carboxylic acids is 2. The highest BCUT2D eigenvalue weighted by Crippen LogP contribution is 2.21. The number of nitrogens with zero attached hydrogens (tertiary/aromatic N) is 4. The van der Waals surface area contributed by atoms with Gasteiger partial charge in [0, 0.05) is 24.8 Å².